The molecular formula is C15H11NO3. The highest BCUT2D eigenvalue weighted by Crippen LogP contribution is 2.32. The number of ether oxygens (including phenoxy) is 1. The van der Waals surface area contributed by atoms with Crippen LogP contribution < -0.4 is 10.5 Å². The highest BCUT2D eigenvalue weighted by Gasteiger charge is 2.31. The molecular weight excluding hydrogens is 242 g/mol. The van der Waals surface area contributed by atoms with Crippen LogP contribution in [0.15, 0.2) is 36.4 Å². The number of fused-ring (bicyclic) bond motifs is 2. The van der Waals surface area contributed by atoms with E-state index >= 15 is 0 Å². The minimum Gasteiger partial charge on any atom is -0.497 e. The van der Waals surface area contributed by atoms with Crippen LogP contribution >= 0.6 is 0 Å². The Labute approximate surface area is 109 Å². The fourth-order valence-electron chi connectivity index (χ4n) is 2.33. The summed E-state index contributed by atoms with van der Waals surface area (Å²) in [6.07, 6.45) is 0. The van der Waals surface area contributed by atoms with Crippen molar-refractivity contribution in [3.05, 3.63) is 58.7 Å². The second-order valence-electron chi connectivity index (χ2n) is 4.34. The first-order valence-electron chi connectivity index (χ1n) is 5.79. The number of rotatable bonds is 1. The topological polar surface area (TPSA) is 69.4 Å². The number of anilines is 1. The predicted octanol–water partition coefficient (Wildman–Crippen LogP) is 2.05. The molecule has 0 amide bonds. The number of nitrogens with two attached hydrogens (primary N) is 1. The van der Waals surface area contributed by atoms with Crippen molar-refractivity contribution in [1.82, 2.24) is 0 Å². The van der Waals surface area contributed by atoms with Crippen LogP contribution in [0, 0.1) is 0 Å². The van der Waals surface area contributed by atoms with Crippen molar-refractivity contribution in [2.24, 2.45) is 0 Å². The Morgan fingerprint density at radius 3 is 2.47 bits per heavy atom. The summed E-state index contributed by atoms with van der Waals surface area (Å²) in [7, 11) is 1.52. The highest BCUT2D eigenvalue weighted by molar-refractivity contribution is 6.30. The Balaban J connectivity index is 2.29. The lowest BCUT2D eigenvalue weighted by Gasteiger charge is -2.19. The summed E-state index contributed by atoms with van der Waals surface area (Å²) in [5.74, 6) is 0.133. The molecule has 94 valence electrons. The highest BCUT2D eigenvalue weighted by atomic mass is 16.5. The summed E-state index contributed by atoms with van der Waals surface area (Å²) in [4.78, 5) is 24.8. The molecule has 0 radical (unpaired) electrons. The summed E-state index contributed by atoms with van der Waals surface area (Å²) in [6.45, 7) is 0. The molecule has 0 saturated carbocycles. The number of methoxy groups -OCH3 is 1. The average molecular weight is 253 g/mol. The van der Waals surface area contributed by atoms with Crippen LogP contribution in [-0.4, -0.2) is 18.7 Å². The predicted molar refractivity (Wildman–Crippen MR) is 70.7 cm³/mol. The molecule has 4 nitrogen and oxygen atoms in total. The molecule has 19 heavy (non-hydrogen) atoms. The first-order valence-corrected chi connectivity index (χ1v) is 5.79. The molecule has 1 aliphatic rings. The van der Waals surface area contributed by atoms with Gasteiger partial charge in [0.05, 0.1) is 12.7 Å². The number of carbonyl (C=O) groups excluding carboxylic acids is 2. The molecule has 3 rings (SSSR count). The zero-order valence-corrected chi connectivity index (χ0v) is 10.3. The van der Waals surface area contributed by atoms with Crippen LogP contribution in [0.4, 0.5) is 5.69 Å². The van der Waals surface area contributed by atoms with Crippen LogP contribution in [0.1, 0.15) is 31.8 Å². The molecule has 2 aromatic rings. The normalized spacial score (nSPS) is 12.9. The fourth-order valence-corrected chi connectivity index (χ4v) is 2.33. The smallest absolute Gasteiger partial charge is 0.196 e. The van der Waals surface area contributed by atoms with Gasteiger partial charge in [-0.05, 0) is 24.3 Å². The van der Waals surface area contributed by atoms with E-state index in [1.807, 2.05) is 0 Å². The van der Waals surface area contributed by atoms with Gasteiger partial charge >= 0.3 is 0 Å². The van der Waals surface area contributed by atoms with Gasteiger partial charge in [0, 0.05) is 22.4 Å². The Kier molecular flexibility index (Phi) is 2.38. The lowest BCUT2D eigenvalue weighted by molar-refractivity contribution is 0.0979. The molecule has 0 aliphatic heterocycles. The third-order valence-electron chi connectivity index (χ3n) is 3.28. The van der Waals surface area contributed by atoms with Crippen LogP contribution in [0.3, 0.4) is 0 Å². The summed E-state index contributed by atoms with van der Waals surface area (Å²) >= 11 is 0. The maximum Gasteiger partial charge on any atom is 0.196 e. The lowest BCUT2D eigenvalue weighted by atomic mass is 9.83. The second-order valence-corrected chi connectivity index (χ2v) is 4.34. The summed E-state index contributed by atoms with van der Waals surface area (Å²) in [5.41, 5.74) is 7.52. The first kappa shape index (κ1) is 11.5. The number of hydrogen-bond donors (Lipinski definition) is 1. The van der Waals surface area contributed by atoms with E-state index in [0.717, 1.165) is 0 Å². The van der Waals surface area contributed by atoms with Gasteiger partial charge in [0.1, 0.15) is 5.75 Å². The van der Waals surface area contributed by atoms with Crippen molar-refractivity contribution in [2.75, 3.05) is 12.8 Å². The monoisotopic (exact) mass is 253 g/mol. The Hall–Kier alpha value is -2.62. The number of benzene rings is 2. The zero-order valence-electron chi connectivity index (χ0n) is 10.3. The van der Waals surface area contributed by atoms with E-state index in [4.69, 9.17) is 10.5 Å². The van der Waals surface area contributed by atoms with E-state index in [0.29, 0.717) is 33.7 Å². The molecule has 0 heterocycles. The molecule has 0 fully saturated rings. The van der Waals surface area contributed by atoms with Gasteiger partial charge in [-0.15, -0.1) is 0 Å². The number of nitrogen functional groups attached to an aromatic ring is 1. The van der Waals surface area contributed by atoms with Gasteiger partial charge in [0.15, 0.2) is 11.6 Å². The van der Waals surface area contributed by atoms with Crippen LogP contribution in [0.5, 0.6) is 5.75 Å². The molecule has 2 N–H and O–H groups in total. The number of carbonyl (C=O) groups is 2. The van der Waals surface area contributed by atoms with Crippen molar-refractivity contribution in [1.29, 1.82) is 0 Å². The third kappa shape index (κ3) is 1.53. The van der Waals surface area contributed by atoms with Crippen molar-refractivity contribution >= 4 is 17.3 Å². The van der Waals surface area contributed by atoms with Gasteiger partial charge in [0.2, 0.25) is 0 Å². The van der Waals surface area contributed by atoms with E-state index in [1.165, 1.54) is 7.11 Å². The molecule has 0 aromatic heterocycles. The molecule has 0 spiro atoms. The molecule has 0 unspecified atom stereocenters. The molecule has 1 aliphatic carbocycles. The van der Waals surface area contributed by atoms with E-state index in [-0.39, 0.29) is 11.6 Å². The van der Waals surface area contributed by atoms with Gasteiger partial charge in [-0.1, -0.05) is 12.1 Å². The minimum atomic E-state index is -0.217. The first-order chi connectivity index (χ1) is 9.13. The molecule has 2 aromatic carbocycles. The largest absolute Gasteiger partial charge is 0.497 e. The molecule has 0 bridgehead atoms. The Morgan fingerprint density at radius 2 is 1.74 bits per heavy atom. The summed E-state index contributed by atoms with van der Waals surface area (Å²) in [5, 5.41) is 0. The Morgan fingerprint density at radius 1 is 0.947 bits per heavy atom. The summed E-state index contributed by atoms with van der Waals surface area (Å²) in [6, 6.07) is 9.76. The van der Waals surface area contributed by atoms with Crippen molar-refractivity contribution in [3.8, 4) is 5.75 Å². The van der Waals surface area contributed by atoms with E-state index < -0.39 is 0 Å². The van der Waals surface area contributed by atoms with Crippen LogP contribution in [0.2, 0.25) is 0 Å². The van der Waals surface area contributed by atoms with E-state index in [9.17, 15) is 9.59 Å². The molecule has 0 atom stereocenters. The minimum absolute atomic E-state index is 0.198. The van der Waals surface area contributed by atoms with Crippen molar-refractivity contribution in [2.45, 2.75) is 0 Å². The van der Waals surface area contributed by atoms with E-state index in [2.05, 4.69) is 0 Å². The van der Waals surface area contributed by atoms with Gasteiger partial charge < -0.3 is 10.5 Å². The Bertz CT molecular complexity index is 719. The molecule has 4 heteroatoms. The van der Waals surface area contributed by atoms with Crippen molar-refractivity contribution < 1.29 is 14.3 Å². The second kappa shape index (κ2) is 3.95. The number of ketones is 2. The summed E-state index contributed by atoms with van der Waals surface area (Å²) < 4.78 is 5.09. The van der Waals surface area contributed by atoms with Crippen LogP contribution in [0.25, 0.3) is 0 Å². The maximum absolute atomic E-state index is 12.4. The average Bonchev–Trinajstić information content (AvgIpc) is 2.44. The zero-order chi connectivity index (χ0) is 13.6. The SMILES string of the molecule is COc1ccc2c(c1)C(=O)c1cccc(N)c1C2=O. The lowest BCUT2D eigenvalue weighted by Crippen LogP contribution is -2.22. The van der Waals surface area contributed by atoms with Gasteiger partial charge in [0.25, 0.3) is 0 Å². The standard InChI is InChI=1S/C15H11NO3/c1-19-8-5-6-9-11(7-8)14(17)10-3-2-4-12(16)13(10)15(9)18/h2-7H,16H2,1H3. The van der Waals surface area contributed by atoms with Crippen molar-refractivity contribution in [3.63, 3.8) is 0 Å². The molecule has 0 saturated heterocycles. The fraction of sp³-hybridized carbons (Fsp3) is 0.0667. The van der Waals surface area contributed by atoms with Crippen LogP contribution in [-0.2, 0) is 0 Å². The third-order valence-corrected chi connectivity index (χ3v) is 3.28. The number of hydrogen-bond acceptors (Lipinski definition) is 4. The maximum atomic E-state index is 12.4. The van der Waals surface area contributed by atoms with Gasteiger partial charge in [-0.25, -0.2) is 0 Å². The van der Waals surface area contributed by atoms with E-state index in [1.54, 1.807) is 36.4 Å². The van der Waals surface area contributed by atoms with Gasteiger partial charge in [-0.3, -0.25) is 9.59 Å². The van der Waals surface area contributed by atoms with Gasteiger partial charge in [-0.2, -0.15) is 0 Å². The quantitative estimate of drug-likeness (QED) is 0.674.